The van der Waals surface area contributed by atoms with E-state index < -0.39 is 0 Å². The summed E-state index contributed by atoms with van der Waals surface area (Å²) in [5.41, 5.74) is 3.89. The molecule has 26 heavy (non-hydrogen) atoms. The van der Waals surface area contributed by atoms with E-state index in [-0.39, 0.29) is 18.2 Å². The Balaban J connectivity index is 1.80. The number of hydrogen-bond donors (Lipinski definition) is 2. The summed E-state index contributed by atoms with van der Waals surface area (Å²) in [5.74, 6) is 0.226. The maximum atomic E-state index is 12.1. The lowest BCUT2D eigenvalue weighted by Crippen LogP contribution is -2.29. The van der Waals surface area contributed by atoms with Crippen molar-refractivity contribution in [1.29, 1.82) is 0 Å². The molecule has 0 saturated carbocycles. The average Bonchev–Trinajstić information content (AvgIpc) is 2.60. The van der Waals surface area contributed by atoms with Gasteiger partial charge in [-0.15, -0.1) is 0 Å². The largest absolute Gasteiger partial charge is 0.494 e. The molecule has 5 nitrogen and oxygen atoms in total. The number of amides is 2. The minimum absolute atomic E-state index is 0.194. The zero-order valence-electron chi connectivity index (χ0n) is 15.6. The van der Waals surface area contributed by atoms with Gasteiger partial charge in [-0.25, -0.2) is 0 Å². The van der Waals surface area contributed by atoms with Gasteiger partial charge in [0.05, 0.1) is 6.61 Å². The fourth-order valence-corrected chi connectivity index (χ4v) is 2.63. The Morgan fingerprint density at radius 3 is 2.54 bits per heavy atom. The van der Waals surface area contributed by atoms with Crippen molar-refractivity contribution in [1.82, 2.24) is 5.32 Å². The first kappa shape index (κ1) is 19.5. The molecule has 0 aromatic heterocycles. The van der Waals surface area contributed by atoms with Gasteiger partial charge in [0.1, 0.15) is 12.2 Å². The molecule has 2 aromatic rings. The van der Waals surface area contributed by atoms with Crippen LogP contribution < -0.4 is 15.4 Å². The van der Waals surface area contributed by atoms with E-state index in [1.165, 1.54) is 0 Å². The van der Waals surface area contributed by atoms with Crippen LogP contribution in [0.5, 0.6) is 5.75 Å². The summed E-state index contributed by atoms with van der Waals surface area (Å²) in [6.45, 7) is 6.92. The molecule has 2 N–H and O–H groups in total. The first-order valence-corrected chi connectivity index (χ1v) is 8.84. The van der Waals surface area contributed by atoms with Crippen molar-refractivity contribution in [3.05, 3.63) is 59.2 Å². The smallest absolute Gasteiger partial charge is 0.233 e. The van der Waals surface area contributed by atoms with Crippen molar-refractivity contribution in [2.45, 2.75) is 33.6 Å². The number of carbonyl (C=O) groups is 2. The van der Waals surface area contributed by atoms with Gasteiger partial charge in [0, 0.05) is 12.2 Å². The van der Waals surface area contributed by atoms with Crippen molar-refractivity contribution in [3.63, 3.8) is 0 Å². The molecule has 0 aliphatic rings. The van der Waals surface area contributed by atoms with E-state index in [1.807, 2.05) is 63.2 Å². The zero-order valence-corrected chi connectivity index (χ0v) is 15.6. The zero-order chi connectivity index (χ0) is 18.9. The second kappa shape index (κ2) is 9.61. The number of anilines is 1. The molecule has 5 heteroatoms. The minimum atomic E-state index is -0.314. The van der Waals surface area contributed by atoms with Crippen molar-refractivity contribution in [2.24, 2.45) is 0 Å². The first-order valence-electron chi connectivity index (χ1n) is 8.84. The van der Waals surface area contributed by atoms with Gasteiger partial charge in [0.2, 0.25) is 11.8 Å². The molecule has 0 saturated heterocycles. The van der Waals surface area contributed by atoms with E-state index in [4.69, 9.17) is 4.74 Å². The highest BCUT2D eigenvalue weighted by molar-refractivity contribution is 6.03. The number of carbonyl (C=O) groups excluding carboxylic acids is 2. The Morgan fingerprint density at radius 2 is 1.77 bits per heavy atom. The van der Waals surface area contributed by atoms with Crippen molar-refractivity contribution in [2.75, 3.05) is 18.5 Å². The van der Waals surface area contributed by atoms with E-state index >= 15 is 0 Å². The molecule has 0 unspecified atom stereocenters. The molecule has 0 fully saturated rings. The SMILES string of the molecule is CCOc1ccccc1CCNC(=O)CC(=O)Nc1cccc(C)c1C. The predicted octanol–water partition coefficient (Wildman–Crippen LogP) is 3.39. The summed E-state index contributed by atoms with van der Waals surface area (Å²) in [6, 6.07) is 13.5. The second-order valence-electron chi connectivity index (χ2n) is 6.11. The van der Waals surface area contributed by atoms with Crippen molar-refractivity contribution < 1.29 is 14.3 Å². The maximum Gasteiger partial charge on any atom is 0.233 e. The molecule has 2 aromatic carbocycles. The summed E-state index contributed by atoms with van der Waals surface area (Å²) in [7, 11) is 0. The molecule has 0 radical (unpaired) electrons. The van der Waals surface area contributed by atoms with Gasteiger partial charge in [-0.05, 0) is 56.0 Å². The maximum absolute atomic E-state index is 12.1. The van der Waals surface area contributed by atoms with E-state index in [0.29, 0.717) is 19.6 Å². The van der Waals surface area contributed by atoms with Crippen LogP contribution in [0.4, 0.5) is 5.69 Å². The van der Waals surface area contributed by atoms with Gasteiger partial charge in [0.15, 0.2) is 0 Å². The standard InChI is InChI=1S/C21H26N2O3/c1-4-26-19-11-6-5-9-17(19)12-13-22-20(24)14-21(25)23-18-10-7-8-15(2)16(18)3/h5-11H,4,12-14H2,1-3H3,(H,22,24)(H,23,25). The number of para-hydroxylation sites is 1. The Morgan fingerprint density at radius 1 is 1.00 bits per heavy atom. The number of aryl methyl sites for hydroxylation is 1. The lowest BCUT2D eigenvalue weighted by atomic mass is 10.1. The summed E-state index contributed by atoms with van der Waals surface area (Å²) in [5, 5.41) is 5.58. The molecule has 2 rings (SSSR count). The highest BCUT2D eigenvalue weighted by Gasteiger charge is 2.11. The molecule has 0 spiro atoms. The number of benzene rings is 2. The van der Waals surface area contributed by atoms with E-state index in [9.17, 15) is 9.59 Å². The fourth-order valence-electron chi connectivity index (χ4n) is 2.63. The Hall–Kier alpha value is -2.82. The fraction of sp³-hybridized carbons (Fsp3) is 0.333. The summed E-state index contributed by atoms with van der Waals surface area (Å²) in [4.78, 5) is 24.1. The van der Waals surface area contributed by atoms with Crippen LogP contribution in [-0.4, -0.2) is 25.0 Å². The van der Waals surface area contributed by atoms with Crippen LogP contribution in [0.1, 0.15) is 30.0 Å². The van der Waals surface area contributed by atoms with Gasteiger partial charge in [-0.2, -0.15) is 0 Å². The van der Waals surface area contributed by atoms with Crippen LogP contribution in [-0.2, 0) is 16.0 Å². The van der Waals surface area contributed by atoms with E-state index in [1.54, 1.807) is 0 Å². The summed E-state index contributed by atoms with van der Waals surface area (Å²) >= 11 is 0. The molecule has 0 aliphatic heterocycles. The van der Waals surface area contributed by atoms with Crippen LogP contribution >= 0.6 is 0 Å². The first-order chi connectivity index (χ1) is 12.5. The summed E-state index contributed by atoms with van der Waals surface area (Å²) in [6.07, 6.45) is 0.459. The average molecular weight is 354 g/mol. The molecule has 0 bridgehead atoms. The second-order valence-corrected chi connectivity index (χ2v) is 6.11. The Bertz CT molecular complexity index is 772. The number of nitrogens with one attached hydrogen (secondary N) is 2. The van der Waals surface area contributed by atoms with Crippen LogP contribution in [0, 0.1) is 13.8 Å². The lowest BCUT2D eigenvalue weighted by molar-refractivity contribution is -0.126. The normalized spacial score (nSPS) is 10.3. The van der Waals surface area contributed by atoms with Crippen LogP contribution in [0.25, 0.3) is 0 Å². The summed E-state index contributed by atoms with van der Waals surface area (Å²) < 4.78 is 5.57. The molecule has 0 aliphatic carbocycles. The minimum Gasteiger partial charge on any atom is -0.494 e. The third-order valence-electron chi connectivity index (χ3n) is 4.19. The van der Waals surface area contributed by atoms with E-state index in [2.05, 4.69) is 10.6 Å². The highest BCUT2D eigenvalue weighted by atomic mass is 16.5. The van der Waals surface area contributed by atoms with Gasteiger partial charge in [0.25, 0.3) is 0 Å². The lowest BCUT2D eigenvalue weighted by Gasteiger charge is -2.11. The predicted molar refractivity (Wildman–Crippen MR) is 103 cm³/mol. The molecule has 138 valence electrons. The molecule has 0 atom stereocenters. The third-order valence-corrected chi connectivity index (χ3v) is 4.19. The quantitative estimate of drug-likeness (QED) is 0.714. The third kappa shape index (κ3) is 5.62. The molecular weight excluding hydrogens is 328 g/mol. The van der Waals surface area contributed by atoms with Crippen LogP contribution in [0.3, 0.4) is 0 Å². The number of hydrogen-bond acceptors (Lipinski definition) is 3. The van der Waals surface area contributed by atoms with Gasteiger partial charge < -0.3 is 15.4 Å². The van der Waals surface area contributed by atoms with Crippen LogP contribution in [0.2, 0.25) is 0 Å². The monoisotopic (exact) mass is 354 g/mol. The highest BCUT2D eigenvalue weighted by Crippen LogP contribution is 2.19. The van der Waals surface area contributed by atoms with E-state index in [0.717, 1.165) is 28.1 Å². The Kier molecular flexibility index (Phi) is 7.21. The number of rotatable bonds is 8. The molecule has 2 amide bonds. The topological polar surface area (TPSA) is 67.4 Å². The van der Waals surface area contributed by atoms with Crippen LogP contribution in [0.15, 0.2) is 42.5 Å². The molecular formula is C21H26N2O3. The van der Waals surface area contributed by atoms with Gasteiger partial charge in [-0.1, -0.05) is 30.3 Å². The Labute approximate surface area is 154 Å². The van der Waals surface area contributed by atoms with Crippen molar-refractivity contribution in [3.8, 4) is 5.75 Å². The van der Waals surface area contributed by atoms with Gasteiger partial charge in [-0.3, -0.25) is 9.59 Å². The molecule has 0 heterocycles. The van der Waals surface area contributed by atoms with Gasteiger partial charge >= 0.3 is 0 Å². The number of ether oxygens (including phenoxy) is 1. The van der Waals surface area contributed by atoms with Crippen molar-refractivity contribution >= 4 is 17.5 Å².